The minimum atomic E-state index is -1.10. The van der Waals surface area contributed by atoms with Crippen molar-refractivity contribution >= 4 is 11.9 Å². The van der Waals surface area contributed by atoms with E-state index in [9.17, 15) is 14.7 Å². The number of hydrogen-bond donors (Lipinski definition) is 1. The Morgan fingerprint density at radius 1 is 1.10 bits per heavy atom. The first-order chi connectivity index (χ1) is 14.5. The van der Waals surface area contributed by atoms with Crippen molar-refractivity contribution < 1.29 is 24.2 Å². The molecular weight excluding hydrogens is 386 g/mol. The molecule has 0 atom stereocenters. The molecule has 0 radical (unpaired) electrons. The van der Waals surface area contributed by atoms with Crippen LogP contribution in [-0.2, 0) is 9.53 Å². The summed E-state index contributed by atoms with van der Waals surface area (Å²) in [5.74, 6) is -0.908. The number of carboxylic acid groups (broad SMARTS) is 1. The summed E-state index contributed by atoms with van der Waals surface area (Å²) in [5, 5.41) is 13.9. The fourth-order valence-electron chi connectivity index (χ4n) is 3.01. The zero-order chi connectivity index (χ0) is 21.5. The normalized spacial score (nSPS) is 10.6. The number of carbonyl (C=O) groups is 2. The van der Waals surface area contributed by atoms with Crippen LogP contribution in [0.4, 0.5) is 0 Å². The molecule has 1 amide bonds. The van der Waals surface area contributed by atoms with Crippen molar-refractivity contribution in [3.8, 4) is 22.7 Å². The average molecular weight is 409 g/mol. The molecule has 0 saturated carbocycles. The van der Waals surface area contributed by atoms with Gasteiger partial charge in [-0.3, -0.25) is 9.59 Å². The Bertz CT molecular complexity index is 1020. The zero-order valence-corrected chi connectivity index (χ0v) is 16.8. The number of carbonyl (C=O) groups excluding carboxylic acids is 1. The van der Waals surface area contributed by atoms with Gasteiger partial charge in [0.15, 0.2) is 0 Å². The summed E-state index contributed by atoms with van der Waals surface area (Å²) in [4.78, 5) is 25.8. The SMILES string of the molecule is COCCN(CC(=O)O)C(=O)c1cn(-c2ccccc2)nc1-c1cccc(OC)c1. The number of para-hydroxylation sites is 1. The van der Waals surface area contributed by atoms with Crippen molar-refractivity contribution in [2.75, 3.05) is 33.9 Å². The molecule has 30 heavy (non-hydrogen) atoms. The van der Waals surface area contributed by atoms with Gasteiger partial charge in [-0.2, -0.15) is 5.10 Å². The van der Waals surface area contributed by atoms with E-state index >= 15 is 0 Å². The number of hydrogen-bond acceptors (Lipinski definition) is 5. The predicted octanol–water partition coefficient (Wildman–Crippen LogP) is 2.72. The van der Waals surface area contributed by atoms with Crippen LogP contribution in [0, 0.1) is 0 Å². The monoisotopic (exact) mass is 409 g/mol. The lowest BCUT2D eigenvalue weighted by Gasteiger charge is -2.20. The molecule has 0 aliphatic heterocycles. The van der Waals surface area contributed by atoms with Gasteiger partial charge < -0.3 is 19.5 Å². The van der Waals surface area contributed by atoms with Gasteiger partial charge in [-0.05, 0) is 24.3 Å². The number of methoxy groups -OCH3 is 2. The minimum absolute atomic E-state index is 0.149. The van der Waals surface area contributed by atoms with Crippen molar-refractivity contribution in [1.29, 1.82) is 0 Å². The van der Waals surface area contributed by atoms with E-state index in [1.165, 1.54) is 12.0 Å². The van der Waals surface area contributed by atoms with Crippen LogP contribution in [0.15, 0.2) is 60.8 Å². The van der Waals surface area contributed by atoms with Crippen molar-refractivity contribution in [2.45, 2.75) is 0 Å². The van der Waals surface area contributed by atoms with Gasteiger partial charge in [0, 0.05) is 25.4 Å². The fraction of sp³-hybridized carbons (Fsp3) is 0.227. The molecule has 0 spiro atoms. The molecule has 0 bridgehead atoms. The molecule has 0 aliphatic rings. The van der Waals surface area contributed by atoms with Gasteiger partial charge in [0.05, 0.1) is 25.0 Å². The highest BCUT2D eigenvalue weighted by atomic mass is 16.5. The van der Waals surface area contributed by atoms with Crippen molar-refractivity contribution in [1.82, 2.24) is 14.7 Å². The number of benzene rings is 2. The Hall–Kier alpha value is -3.65. The smallest absolute Gasteiger partial charge is 0.323 e. The standard InChI is InChI=1S/C22H23N3O5/c1-29-12-11-24(15-20(26)27)22(28)19-14-25(17-8-4-3-5-9-17)23-21(19)16-7-6-10-18(13-16)30-2/h3-10,13-14H,11-12,15H2,1-2H3,(H,26,27). The molecule has 3 rings (SSSR count). The summed E-state index contributed by atoms with van der Waals surface area (Å²) >= 11 is 0. The summed E-state index contributed by atoms with van der Waals surface area (Å²) in [5.41, 5.74) is 2.21. The van der Waals surface area contributed by atoms with Gasteiger partial charge >= 0.3 is 5.97 Å². The molecule has 1 heterocycles. The van der Waals surface area contributed by atoms with Crippen LogP contribution in [0.25, 0.3) is 16.9 Å². The van der Waals surface area contributed by atoms with E-state index in [2.05, 4.69) is 5.10 Å². The second-order valence-electron chi connectivity index (χ2n) is 6.52. The molecule has 1 aromatic heterocycles. The van der Waals surface area contributed by atoms with Crippen LogP contribution in [-0.4, -0.2) is 65.6 Å². The summed E-state index contributed by atoms with van der Waals surface area (Å²) in [6.45, 7) is -0.0632. The molecule has 0 aliphatic carbocycles. The third-order valence-corrected chi connectivity index (χ3v) is 4.49. The molecule has 0 saturated heterocycles. The predicted molar refractivity (Wildman–Crippen MR) is 111 cm³/mol. The topological polar surface area (TPSA) is 93.9 Å². The summed E-state index contributed by atoms with van der Waals surface area (Å²) < 4.78 is 11.9. The van der Waals surface area contributed by atoms with Crippen molar-refractivity contribution in [2.24, 2.45) is 0 Å². The number of aliphatic carboxylic acids is 1. The van der Waals surface area contributed by atoms with Gasteiger partial charge in [-0.1, -0.05) is 30.3 Å². The highest BCUT2D eigenvalue weighted by molar-refractivity contribution is 6.01. The lowest BCUT2D eigenvalue weighted by atomic mass is 10.1. The Labute approximate surface area is 174 Å². The van der Waals surface area contributed by atoms with E-state index in [0.29, 0.717) is 22.6 Å². The average Bonchev–Trinajstić information content (AvgIpc) is 3.22. The largest absolute Gasteiger partial charge is 0.497 e. The lowest BCUT2D eigenvalue weighted by Crippen LogP contribution is -2.38. The molecule has 3 aromatic rings. The van der Waals surface area contributed by atoms with E-state index in [0.717, 1.165) is 5.69 Å². The zero-order valence-electron chi connectivity index (χ0n) is 16.8. The Balaban J connectivity index is 2.09. The Morgan fingerprint density at radius 3 is 2.53 bits per heavy atom. The van der Waals surface area contributed by atoms with Crippen molar-refractivity contribution in [3.05, 3.63) is 66.4 Å². The van der Waals surface area contributed by atoms with Crippen LogP contribution >= 0.6 is 0 Å². The second kappa shape index (κ2) is 9.71. The maximum Gasteiger partial charge on any atom is 0.323 e. The molecule has 1 N–H and O–H groups in total. The van der Waals surface area contributed by atoms with E-state index in [-0.39, 0.29) is 13.2 Å². The number of aromatic nitrogens is 2. The Kier molecular flexibility index (Phi) is 6.82. The van der Waals surface area contributed by atoms with Gasteiger partial charge in [0.1, 0.15) is 18.0 Å². The molecule has 8 heteroatoms. The summed E-state index contributed by atoms with van der Waals surface area (Å²) in [7, 11) is 3.06. The van der Waals surface area contributed by atoms with Gasteiger partial charge in [-0.25, -0.2) is 4.68 Å². The number of rotatable bonds is 9. The third-order valence-electron chi connectivity index (χ3n) is 4.49. The van der Waals surface area contributed by atoms with Gasteiger partial charge in [-0.15, -0.1) is 0 Å². The molecule has 156 valence electrons. The number of ether oxygens (including phenoxy) is 2. The first-order valence-electron chi connectivity index (χ1n) is 9.33. The van der Waals surface area contributed by atoms with Gasteiger partial charge in [0.25, 0.3) is 5.91 Å². The molecule has 0 unspecified atom stereocenters. The maximum absolute atomic E-state index is 13.3. The fourth-order valence-corrected chi connectivity index (χ4v) is 3.01. The first-order valence-corrected chi connectivity index (χ1v) is 9.33. The number of nitrogens with zero attached hydrogens (tertiary/aromatic N) is 3. The molecule has 8 nitrogen and oxygen atoms in total. The van der Waals surface area contributed by atoms with Crippen LogP contribution in [0.1, 0.15) is 10.4 Å². The van der Waals surface area contributed by atoms with Crippen LogP contribution in [0.2, 0.25) is 0 Å². The van der Waals surface area contributed by atoms with Crippen LogP contribution in [0.3, 0.4) is 0 Å². The van der Waals surface area contributed by atoms with E-state index in [1.807, 2.05) is 42.5 Å². The first kappa shape index (κ1) is 21.1. The second-order valence-corrected chi connectivity index (χ2v) is 6.52. The highest BCUT2D eigenvalue weighted by Crippen LogP contribution is 2.28. The van der Waals surface area contributed by atoms with E-state index in [1.54, 1.807) is 30.1 Å². The lowest BCUT2D eigenvalue weighted by molar-refractivity contribution is -0.137. The molecule has 2 aromatic carbocycles. The van der Waals surface area contributed by atoms with Gasteiger partial charge in [0.2, 0.25) is 0 Å². The number of amides is 1. The number of carboxylic acids is 1. The van der Waals surface area contributed by atoms with Crippen LogP contribution < -0.4 is 4.74 Å². The summed E-state index contributed by atoms with van der Waals surface area (Å²) in [6.07, 6.45) is 1.62. The van der Waals surface area contributed by atoms with Crippen molar-refractivity contribution in [3.63, 3.8) is 0 Å². The van der Waals surface area contributed by atoms with E-state index < -0.39 is 18.4 Å². The Morgan fingerprint density at radius 2 is 1.87 bits per heavy atom. The third kappa shape index (κ3) is 4.84. The quantitative estimate of drug-likeness (QED) is 0.584. The maximum atomic E-state index is 13.3. The minimum Gasteiger partial charge on any atom is -0.497 e. The highest BCUT2D eigenvalue weighted by Gasteiger charge is 2.25. The van der Waals surface area contributed by atoms with E-state index in [4.69, 9.17) is 9.47 Å². The molecule has 0 fully saturated rings. The summed E-state index contributed by atoms with van der Waals surface area (Å²) in [6, 6.07) is 16.6. The molecular formula is C22H23N3O5. The van der Waals surface area contributed by atoms with Crippen LogP contribution in [0.5, 0.6) is 5.75 Å².